The van der Waals surface area contributed by atoms with Crippen LogP contribution in [0, 0.1) is 0 Å². The van der Waals surface area contributed by atoms with Gasteiger partial charge < -0.3 is 4.42 Å². The summed E-state index contributed by atoms with van der Waals surface area (Å²) in [6.45, 7) is 2.06. The maximum atomic E-state index is 5.20. The number of nitrogens with zero attached hydrogens (tertiary/aromatic N) is 1. The molecule has 0 amide bonds. The van der Waals surface area contributed by atoms with Gasteiger partial charge in [-0.1, -0.05) is 6.92 Å². The summed E-state index contributed by atoms with van der Waals surface area (Å²) < 4.78 is 5.20. The maximum Gasteiger partial charge on any atom is 0.193 e. The second kappa shape index (κ2) is 2.11. The second-order valence-electron chi connectivity index (χ2n) is 2.79. The first-order chi connectivity index (χ1) is 4.90. The molecular formula is C8H11NO. The number of hydrogen-bond acceptors (Lipinski definition) is 2. The van der Waals surface area contributed by atoms with Crippen molar-refractivity contribution in [3.8, 4) is 0 Å². The molecule has 1 saturated carbocycles. The minimum absolute atomic E-state index is 0.726. The van der Waals surface area contributed by atoms with E-state index in [2.05, 4.69) is 11.9 Å². The minimum atomic E-state index is 0.726. The van der Waals surface area contributed by atoms with E-state index in [0.717, 1.165) is 23.9 Å². The number of hydrogen-bond donors (Lipinski definition) is 0. The van der Waals surface area contributed by atoms with Gasteiger partial charge in [-0.2, -0.15) is 0 Å². The van der Waals surface area contributed by atoms with Crippen molar-refractivity contribution < 1.29 is 4.42 Å². The second-order valence-corrected chi connectivity index (χ2v) is 2.79. The molecule has 0 unspecified atom stereocenters. The first-order valence-corrected chi connectivity index (χ1v) is 3.84. The van der Waals surface area contributed by atoms with Crippen LogP contribution in [0.1, 0.15) is 37.3 Å². The average Bonchev–Trinajstić information content (AvgIpc) is 2.70. The summed E-state index contributed by atoms with van der Waals surface area (Å²) >= 11 is 0. The third-order valence-corrected chi connectivity index (χ3v) is 1.87. The maximum absolute atomic E-state index is 5.20. The summed E-state index contributed by atoms with van der Waals surface area (Å²) in [7, 11) is 0. The summed E-state index contributed by atoms with van der Waals surface area (Å²) in [5.74, 6) is 1.60. The van der Waals surface area contributed by atoms with E-state index >= 15 is 0 Å². The molecule has 2 rings (SSSR count). The lowest BCUT2D eigenvalue weighted by molar-refractivity contribution is 0.501. The van der Waals surface area contributed by atoms with E-state index in [9.17, 15) is 0 Å². The molecule has 1 aliphatic rings. The lowest BCUT2D eigenvalue weighted by Crippen LogP contribution is -1.81. The lowest BCUT2D eigenvalue weighted by atomic mass is 10.3. The molecule has 0 radical (unpaired) electrons. The fourth-order valence-electron chi connectivity index (χ4n) is 1.05. The third-order valence-electron chi connectivity index (χ3n) is 1.87. The summed E-state index contributed by atoms with van der Waals surface area (Å²) in [5, 5.41) is 0. The van der Waals surface area contributed by atoms with Crippen molar-refractivity contribution in [1.29, 1.82) is 0 Å². The normalized spacial score (nSPS) is 17.7. The quantitative estimate of drug-likeness (QED) is 0.624. The fourth-order valence-corrected chi connectivity index (χ4v) is 1.05. The van der Waals surface area contributed by atoms with Gasteiger partial charge in [0, 0.05) is 12.3 Å². The van der Waals surface area contributed by atoms with Crippen LogP contribution in [-0.4, -0.2) is 4.98 Å². The molecule has 0 spiro atoms. The van der Waals surface area contributed by atoms with Crippen LogP contribution >= 0.6 is 0 Å². The van der Waals surface area contributed by atoms with Gasteiger partial charge in [-0.05, 0) is 12.8 Å². The topological polar surface area (TPSA) is 26.0 Å². The predicted molar refractivity (Wildman–Crippen MR) is 37.9 cm³/mol. The fraction of sp³-hybridized carbons (Fsp3) is 0.625. The van der Waals surface area contributed by atoms with Gasteiger partial charge in [-0.15, -0.1) is 0 Å². The van der Waals surface area contributed by atoms with Crippen molar-refractivity contribution in [3.05, 3.63) is 17.8 Å². The van der Waals surface area contributed by atoms with E-state index in [1.54, 1.807) is 6.26 Å². The van der Waals surface area contributed by atoms with Crippen LogP contribution in [0.2, 0.25) is 0 Å². The van der Waals surface area contributed by atoms with Crippen LogP contribution in [0.4, 0.5) is 0 Å². The van der Waals surface area contributed by atoms with Crippen LogP contribution in [0.25, 0.3) is 0 Å². The molecule has 1 aromatic heterocycles. The highest BCUT2D eigenvalue weighted by Crippen LogP contribution is 2.39. The number of aromatic nitrogens is 1. The Morgan fingerprint density at radius 1 is 1.70 bits per heavy atom. The van der Waals surface area contributed by atoms with Gasteiger partial charge >= 0.3 is 0 Å². The Kier molecular flexibility index (Phi) is 1.26. The van der Waals surface area contributed by atoms with Crippen LogP contribution < -0.4 is 0 Å². The molecule has 0 aromatic carbocycles. The van der Waals surface area contributed by atoms with Crippen LogP contribution in [0.5, 0.6) is 0 Å². The van der Waals surface area contributed by atoms with Crippen LogP contribution in [0.15, 0.2) is 10.7 Å². The van der Waals surface area contributed by atoms with Crippen molar-refractivity contribution in [3.63, 3.8) is 0 Å². The molecule has 1 fully saturated rings. The van der Waals surface area contributed by atoms with Crippen molar-refractivity contribution in [2.24, 2.45) is 0 Å². The molecular weight excluding hydrogens is 126 g/mol. The molecule has 0 N–H and O–H groups in total. The Morgan fingerprint density at radius 2 is 2.50 bits per heavy atom. The Bertz CT molecular complexity index is 225. The summed E-state index contributed by atoms with van der Waals surface area (Å²) in [4.78, 5) is 4.32. The monoisotopic (exact) mass is 137 g/mol. The Labute approximate surface area is 60.3 Å². The largest absolute Gasteiger partial charge is 0.449 e. The first kappa shape index (κ1) is 5.96. The molecule has 10 heavy (non-hydrogen) atoms. The highest BCUT2D eigenvalue weighted by Gasteiger charge is 2.26. The zero-order valence-electron chi connectivity index (χ0n) is 6.13. The van der Waals surface area contributed by atoms with Gasteiger partial charge in [0.2, 0.25) is 0 Å². The van der Waals surface area contributed by atoms with Crippen molar-refractivity contribution in [1.82, 2.24) is 4.98 Å². The Hall–Kier alpha value is -0.790. The minimum Gasteiger partial charge on any atom is -0.449 e. The number of aryl methyl sites for hydroxylation is 1. The molecule has 54 valence electrons. The lowest BCUT2D eigenvalue weighted by Gasteiger charge is -1.82. The number of oxazole rings is 1. The molecule has 0 atom stereocenters. The van der Waals surface area contributed by atoms with Crippen molar-refractivity contribution >= 4 is 0 Å². The van der Waals surface area contributed by atoms with E-state index in [1.807, 2.05) is 0 Å². The van der Waals surface area contributed by atoms with Crippen molar-refractivity contribution in [2.75, 3.05) is 0 Å². The molecule has 1 aliphatic carbocycles. The molecule has 0 saturated heterocycles. The van der Waals surface area contributed by atoms with E-state index in [1.165, 1.54) is 12.8 Å². The highest BCUT2D eigenvalue weighted by atomic mass is 16.3. The van der Waals surface area contributed by atoms with Gasteiger partial charge in [-0.3, -0.25) is 0 Å². The van der Waals surface area contributed by atoms with Crippen LogP contribution in [-0.2, 0) is 6.42 Å². The summed E-state index contributed by atoms with van der Waals surface area (Å²) in [6, 6.07) is 0. The smallest absolute Gasteiger partial charge is 0.193 e. The summed E-state index contributed by atoms with van der Waals surface area (Å²) in [6.07, 6.45) is 5.31. The standard InChI is InChI=1S/C8H11NO/c1-2-8-9-7(5-10-8)6-3-4-6/h5-6H,2-4H2,1H3. The Morgan fingerprint density at radius 3 is 3.00 bits per heavy atom. The Balaban J connectivity index is 2.19. The molecule has 1 aromatic rings. The molecule has 2 nitrogen and oxygen atoms in total. The van der Waals surface area contributed by atoms with E-state index in [0.29, 0.717) is 0 Å². The average molecular weight is 137 g/mol. The zero-order valence-corrected chi connectivity index (χ0v) is 6.13. The van der Waals surface area contributed by atoms with Crippen molar-refractivity contribution in [2.45, 2.75) is 32.1 Å². The molecule has 0 bridgehead atoms. The van der Waals surface area contributed by atoms with E-state index < -0.39 is 0 Å². The zero-order chi connectivity index (χ0) is 6.97. The van der Waals surface area contributed by atoms with Gasteiger partial charge in [0.05, 0.1) is 5.69 Å². The third kappa shape index (κ3) is 0.939. The number of rotatable bonds is 2. The van der Waals surface area contributed by atoms with E-state index in [-0.39, 0.29) is 0 Å². The SMILES string of the molecule is CCc1nc(C2CC2)co1. The van der Waals surface area contributed by atoms with Gasteiger partial charge in [0.25, 0.3) is 0 Å². The van der Waals surface area contributed by atoms with E-state index in [4.69, 9.17) is 4.42 Å². The van der Waals surface area contributed by atoms with Gasteiger partial charge in [0.15, 0.2) is 5.89 Å². The summed E-state index contributed by atoms with van der Waals surface area (Å²) in [5.41, 5.74) is 1.16. The highest BCUT2D eigenvalue weighted by molar-refractivity contribution is 5.10. The van der Waals surface area contributed by atoms with Gasteiger partial charge in [0.1, 0.15) is 6.26 Å². The molecule has 2 heteroatoms. The molecule has 1 heterocycles. The van der Waals surface area contributed by atoms with Gasteiger partial charge in [-0.25, -0.2) is 4.98 Å². The molecule has 0 aliphatic heterocycles. The first-order valence-electron chi connectivity index (χ1n) is 3.84. The predicted octanol–water partition coefficient (Wildman–Crippen LogP) is 2.11. The van der Waals surface area contributed by atoms with Crippen LogP contribution in [0.3, 0.4) is 0 Å².